The Morgan fingerprint density at radius 2 is 1.78 bits per heavy atom. The molecule has 1 heterocycles. The van der Waals surface area contributed by atoms with Crippen molar-refractivity contribution in [1.29, 1.82) is 0 Å². The molecule has 0 saturated carbocycles. The highest BCUT2D eigenvalue weighted by Crippen LogP contribution is 2.38. The minimum Gasteiger partial charge on any atom is -0.493 e. The van der Waals surface area contributed by atoms with Crippen LogP contribution >= 0.6 is 11.5 Å². The Balaban J connectivity index is 2.16. The number of rotatable bonds is 6. The van der Waals surface area contributed by atoms with Crippen LogP contribution in [0.4, 0.5) is 5.00 Å². The lowest BCUT2D eigenvalue weighted by atomic mass is 10.1. The van der Waals surface area contributed by atoms with E-state index in [-0.39, 0.29) is 5.91 Å². The fraction of sp³-hybridized carbons (Fsp3) is 0.250. The average molecular weight is 334 g/mol. The third kappa shape index (κ3) is 4.23. The highest BCUT2D eigenvalue weighted by Gasteiger charge is 2.12. The number of hydrogen-bond acceptors (Lipinski definition) is 6. The van der Waals surface area contributed by atoms with Crippen LogP contribution in [0, 0.1) is 6.92 Å². The molecule has 0 fully saturated rings. The lowest BCUT2D eigenvalue weighted by Gasteiger charge is -2.12. The Kier molecular flexibility index (Phi) is 5.59. The van der Waals surface area contributed by atoms with E-state index in [0.29, 0.717) is 22.2 Å². The molecule has 0 aliphatic rings. The molecule has 1 aromatic heterocycles. The highest BCUT2D eigenvalue weighted by molar-refractivity contribution is 7.10. The van der Waals surface area contributed by atoms with Crippen LogP contribution in [0.1, 0.15) is 11.3 Å². The molecular weight excluding hydrogens is 316 g/mol. The number of carbonyl (C=O) groups excluding carboxylic acids is 1. The minimum absolute atomic E-state index is 0.234. The molecule has 0 radical (unpaired) electrons. The Morgan fingerprint density at radius 1 is 1.13 bits per heavy atom. The number of aryl methyl sites for hydroxylation is 1. The number of anilines is 1. The number of methoxy groups -OCH3 is 3. The van der Waals surface area contributed by atoms with Crippen molar-refractivity contribution in [3.63, 3.8) is 0 Å². The summed E-state index contributed by atoms with van der Waals surface area (Å²) in [5, 5.41) is 3.47. The van der Waals surface area contributed by atoms with Crippen LogP contribution in [0.25, 0.3) is 6.08 Å². The largest absolute Gasteiger partial charge is 0.493 e. The molecule has 0 atom stereocenters. The lowest BCUT2D eigenvalue weighted by molar-refractivity contribution is -0.111. The summed E-state index contributed by atoms with van der Waals surface area (Å²) in [6.07, 6.45) is 3.11. The average Bonchev–Trinajstić information content (AvgIpc) is 2.96. The van der Waals surface area contributed by atoms with Crippen LogP contribution in [-0.4, -0.2) is 31.6 Å². The van der Waals surface area contributed by atoms with Crippen LogP contribution in [0.3, 0.4) is 0 Å². The molecule has 6 nitrogen and oxygen atoms in total. The third-order valence-corrected chi connectivity index (χ3v) is 3.78. The van der Waals surface area contributed by atoms with Gasteiger partial charge in [-0.2, -0.15) is 4.37 Å². The topological polar surface area (TPSA) is 69.7 Å². The van der Waals surface area contributed by atoms with Gasteiger partial charge in [-0.05, 0) is 48.3 Å². The van der Waals surface area contributed by atoms with Crippen molar-refractivity contribution in [3.8, 4) is 17.2 Å². The summed E-state index contributed by atoms with van der Waals surface area (Å²) in [5.41, 5.74) is 1.63. The van der Waals surface area contributed by atoms with Crippen molar-refractivity contribution in [2.75, 3.05) is 26.6 Å². The maximum absolute atomic E-state index is 11.9. The van der Waals surface area contributed by atoms with Crippen molar-refractivity contribution in [2.24, 2.45) is 0 Å². The van der Waals surface area contributed by atoms with E-state index in [2.05, 4.69) is 9.69 Å². The van der Waals surface area contributed by atoms with E-state index in [1.807, 2.05) is 13.0 Å². The van der Waals surface area contributed by atoms with Gasteiger partial charge in [-0.1, -0.05) is 0 Å². The first-order chi connectivity index (χ1) is 11.1. The second kappa shape index (κ2) is 7.64. The summed E-state index contributed by atoms with van der Waals surface area (Å²) in [6, 6.07) is 5.35. The number of benzene rings is 1. The monoisotopic (exact) mass is 334 g/mol. The molecule has 0 saturated heterocycles. The van der Waals surface area contributed by atoms with E-state index in [1.54, 1.807) is 39.5 Å². The van der Waals surface area contributed by atoms with E-state index in [1.165, 1.54) is 17.6 Å². The lowest BCUT2D eigenvalue weighted by Crippen LogP contribution is -2.06. The fourth-order valence-electron chi connectivity index (χ4n) is 1.96. The SMILES string of the molecule is COc1cc(/C=C/C(=O)Nc2cc(C)ns2)cc(OC)c1OC. The summed E-state index contributed by atoms with van der Waals surface area (Å²) < 4.78 is 19.9. The van der Waals surface area contributed by atoms with Crippen molar-refractivity contribution < 1.29 is 19.0 Å². The van der Waals surface area contributed by atoms with Crippen LogP contribution in [-0.2, 0) is 4.79 Å². The number of nitrogens with zero attached hydrogens (tertiary/aromatic N) is 1. The van der Waals surface area contributed by atoms with Crippen LogP contribution in [0.5, 0.6) is 17.2 Å². The standard InChI is InChI=1S/C16H18N2O4S/c1-10-7-15(23-18-10)17-14(19)6-5-11-8-12(20-2)16(22-4)13(9-11)21-3/h5-9H,1-4H3,(H,17,19)/b6-5+. The van der Waals surface area contributed by atoms with Gasteiger partial charge in [0.1, 0.15) is 5.00 Å². The Morgan fingerprint density at radius 3 is 2.26 bits per heavy atom. The first-order valence-corrected chi connectivity index (χ1v) is 7.57. The Labute approximate surface area is 138 Å². The predicted molar refractivity (Wildman–Crippen MR) is 90.6 cm³/mol. The van der Waals surface area contributed by atoms with Gasteiger partial charge in [0.25, 0.3) is 0 Å². The maximum Gasteiger partial charge on any atom is 0.249 e. The summed E-state index contributed by atoms with van der Waals surface area (Å²) in [6.45, 7) is 1.87. The van der Waals surface area contributed by atoms with Gasteiger partial charge < -0.3 is 19.5 Å². The third-order valence-electron chi connectivity index (χ3n) is 2.99. The van der Waals surface area contributed by atoms with Crippen LogP contribution in [0.2, 0.25) is 0 Å². The quantitative estimate of drug-likeness (QED) is 0.822. The van der Waals surface area contributed by atoms with E-state index in [0.717, 1.165) is 11.3 Å². The minimum atomic E-state index is -0.234. The van der Waals surface area contributed by atoms with Gasteiger partial charge in [-0.15, -0.1) is 0 Å². The summed E-state index contributed by atoms with van der Waals surface area (Å²) in [7, 11) is 4.63. The normalized spacial score (nSPS) is 10.6. The molecule has 1 N–H and O–H groups in total. The van der Waals surface area contributed by atoms with Gasteiger partial charge in [0.05, 0.1) is 27.0 Å². The molecular formula is C16H18N2O4S. The Bertz CT molecular complexity index is 700. The molecule has 0 aliphatic heterocycles. The number of ether oxygens (including phenoxy) is 3. The van der Waals surface area contributed by atoms with E-state index >= 15 is 0 Å². The van der Waals surface area contributed by atoms with Crippen molar-refractivity contribution in [3.05, 3.63) is 35.5 Å². The summed E-state index contributed by atoms with van der Waals surface area (Å²) >= 11 is 1.24. The first kappa shape index (κ1) is 16.8. The van der Waals surface area contributed by atoms with Gasteiger partial charge in [-0.25, -0.2) is 0 Å². The molecule has 23 heavy (non-hydrogen) atoms. The number of carbonyl (C=O) groups is 1. The van der Waals surface area contributed by atoms with Gasteiger partial charge >= 0.3 is 0 Å². The zero-order valence-corrected chi connectivity index (χ0v) is 14.2. The number of nitrogens with one attached hydrogen (secondary N) is 1. The van der Waals surface area contributed by atoms with Gasteiger partial charge in [-0.3, -0.25) is 4.79 Å². The van der Waals surface area contributed by atoms with Gasteiger partial charge in [0.2, 0.25) is 11.7 Å². The molecule has 0 aliphatic carbocycles. The molecule has 1 amide bonds. The van der Waals surface area contributed by atoms with Crippen LogP contribution in [0.15, 0.2) is 24.3 Å². The smallest absolute Gasteiger partial charge is 0.249 e. The Hall–Kier alpha value is -2.54. The van der Waals surface area contributed by atoms with E-state index in [4.69, 9.17) is 14.2 Å². The fourth-order valence-corrected chi connectivity index (χ4v) is 2.62. The predicted octanol–water partition coefficient (Wildman–Crippen LogP) is 3.13. The van der Waals surface area contributed by atoms with Crippen molar-refractivity contribution in [1.82, 2.24) is 4.37 Å². The summed E-state index contributed by atoms with van der Waals surface area (Å²) in [4.78, 5) is 11.9. The molecule has 0 bridgehead atoms. The highest BCUT2D eigenvalue weighted by atomic mass is 32.1. The van der Waals surface area contributed by atoms with Gasteiger partial charge in [0, 0.05) is 6.08 Å². The van der Waals surface area contributed by atoms with E-state index < -0.39 is 0 Å². The second-order valence-electron chi connectivity index (χ2n) is 4.61. The summed E-state index contributed by atoms with van der Waals surface area (Å²) in [5.74, 6) is 1.34. The van der Waals surface area contributed by atoms with E-state index in [9.17, 15) is 4.79 Å². The number of hydrogen-bond donors (Lipinski definition) is 1. The zero-order valence-electron chi connectivity index (χ0n) is 13.4. The molecule has 122 valence electrons. The molecule has 0 spiro atoms. The number of amides is 1. The van der Waals surface area contributed by atoms with Crippen molar-refractivity contribution >= 4 is 28.5 Å². The molecule has 7 heteroatoms. The zero-order chi connectivity index (χ0) is 16.8. The van der Waals surface area contributed by atoms with Gasteiger partial charge in [0.15, 0.2) is 11.5 Å². The molecule has 2 rings (SSSR count). The van der Waals surface area contributed by atoms with Crippen LogP contribution < -0.4 is 19.5 Å². The maximum atomic E-state index is 11.9. The number of aromatic nitrogens is 1. The molecule has 0 unspecified atom stereocenters. The molecule has 1 aromatic carbocycles. The molecule has 2 aromatic rings. The first-order valence-electron chi connectivity index (χ1n) is 6.79. The van der Waals surface area contributed by atoms with Crippen molar-refractivity contribution in [2.45, 2.75) is 6.92 Å². The second-order valence-corrected chi connectivity index (χ2v) is 5.42.